The van der Waals surface area contributed by atoms with E-state index >= 15 is 0 Å². The molecule has 0 bridgehead atoms. The predicted octanol–water partition coefficient (Wildman–Crippen LogP) is 2.08. The van der Waals surface area contributed by atoms with E-state index in [1.165, 1.54) is 12.1 Å². The van der Waals surface area contributed by atoms with Crippen LogP contribution in [-0.2, 0) is 0 Å². The van der Waals surface area contributed by atoms with Crippen molar-refractivity contribution in [3.63, 3.8) is 0 Å². The number of phenolic OH excluding ortho intramolecular Hbond substituents is 1. The maximum atomic E-state index is 11.7. The van der Waals surface area contributed by atoms with Gasteiger partial charge in [-0.1, -0.05) is 19.9 Å². The van der Waals surface area contributed by atoms with Gasteiger partial charge < -0.3 is 10.4 Å². The first-order valence-electron chi connectivity index (χ1n) is 5.68. The molecule has 1 amide bonds. The van der Waals surface area contributed by atoms with E-state index < -0.39 is 22.3 Å². The molecule has 1 aromatic carbocycles. The van der Waals surface area contributed by atoms with Gasteiger partial charge in [-0.15, -0.1) is 0 Å². The molecule has 0 saturated carbocycles. The summed E-state index contributed by atoms with van der Waals surface area (Å²) in [4.78, 5) is 21.6. The summed E-state index contributed by atoms with van der Waals surface area (Å²) in [5, 5.41) is 22.9. The molecule has 0 aromatic heterocycles. The summed E-state index contributed by atoms with van der Waals surface area (Å²) in [5.41, 5.74) is -0.542. The minimum Gasteiger partial charge on any atom is -0.502 e. The zero-order valence-electron chi connectivity index (χ0n) is 10.3. The Morgan fingerprint density at radius 1 is 1.50 bits per heavy atom. The molecule has 2 N–H and O–H groups in total. The fraction of sp³-hybridized carbons (Fsp3) is 0.417. The number of aromatic hydroxyl groups is 1. The van der Waals surface area contributed by atoms with Gasteiger partial charge in [0.2, 0.25) is 5.75 Å². The van der Waals surface area contributed by atoms with Gasteiger partial charge in [0, 0.05) is 12.6 Å². The first-order valence-corrected chi connectivity index (χ1v) is 5.68. The Kier molecular flexibility index (Phi) is 4.65. The van der Waals surface area contributed by atoms with Gasteiger partial charge in [-0.3, -0.25) is 14.9 Å². The minimum absolute atomic E-state index is 0.0760. The number of amides is 1. The van der Waals surface area contributed by atoms with Crippen molar-refractivity contribution >= 4 is 11.6 Å². The summed E-state index contributed by atoms with van der Waals surface area (Å²) in [7, 11) is 0. The Hall–Kier alpha value is -2.11. The summed E-state index contributed by atoms with van der Waals surface area (Å²) in [6.07, 6.45) is 0.807. The molecule has 0 heterocycles. The number of hydrogen-bond acceptors (Lipinski definition) is 4. The lowest BCUT2D eigenvalue weighted by atomic mass is 10.1. The second-order valence-electron chi connectivity index (χ2n) is 4.37. The molecule has 0 radical (unpaired) electrons. The van der Waals surface area contributed by atoms with Crippen molar-refractivity contribution in [3.8, 4) is 5.75 Å². The summed E-state index contributed by atoms with van der Waals surface area (Å²) in [5.74, 6) is -0.648. The third-order valence-electron chi connectivity index (χ3n) is 2.46. The van der Waals surface area contributed by atoms with E-state index in [2.05, 4.69) is 5.32 Å². The van der Waals surface area contributed by atoms with E-state index in [4.69, 9.17) is 0 Å². The van der Waals surface area contributed by atoms with E-state index in [0.717, 1.165) is 12.5 Å². The Morgan fingerprint density at radius 3 is 2.72 bits per heavy atom. The molecular weight excluding hydrogens is 236 g/mol. The molecule has 6 nitrogen and oxygen atoms in total. The van der Waals surface area contributed by atoms with Crippen LogP contribution in [0.1, 0.15) is 30.6 Å². The first kappa shape index (κ1) is 14.0. The normalized spacial score (nSPS) is 10.4. The molecule has 0 spiro atoms. The van der Waals surface area contributed by atoms with Crippen LogP contribution in [0.5, 0.6) is 5.75 Å². The van der Waals surface area contributed by atoms with Crippen LogP contribution in [0.15, 0.2) is 18.2 Å². The second-order valence-corrected chi connectivity index (χ2v) is 4.37. The Bertz CT molecular complexity index is 457. The van der Waals surface area contributed by atoms with Crippen LogP contribution < -0.4 is 5.32 Å². The van der Waals surface area contributed by atoms with Gasteiger partial charge in [0.1, 0.15) is 0 Å². The smallest absolute Gasteiger partial charge is 0.311 e. The highest BCUT2D eigenvalue weighted by Crippen LogP contribution is 2.28. The van der Waals surface area contributed by atoms with E-state index in [-0.39, 0.29) is 5.56 Å². The maximum absolute atomic E-state index is 11.7. The number of nitrogens with zero attached hydrogens (tertiary/aromatic N) is 1. The quantitative estimate of drug-likeness (QED) is 0.619. The number of nitrogens with one attached hydrogen (secondary N) is 1. The van der Waals surface area contributed by atoms with E-state index in [9.17, 15) is 20.0 Å². The molecule has 0 aliphatic carbocycles. The van der Waals surface area contributed by atoms with Crippen LogP contribution in [0.4, 0.5) is 5.69 Å². The van der Waals surface area contributed by atoms with Crippen LogP contribution in [0, 0.1) is 16.0 Å². The number of para-hydroxylation sites is 1. The number of carbonyl (C=O) groups is 1. The van der Waals surface area contributed by atoms with Gasteiger partial charge in [0.05, 0.1) is 10.5 Å². The minimum atomic E-state index is -0.722. The lowest BCUT2D eigenvalue weighted by Crippen LogP contribution is -2.25. The molecule has 0 fully saturated rings. The van der Waals surface area contributed by atoms with Crippen molar-refractivity contribution in [2.75, 3.05) is 6.54 Å². The Balaban J connectivity index is 2.80. The average Bonchev–Trinajstić information content (AvgIpc) is 2.28. The van der Waals surface area contributed by atoms with Crippen LogP contribution in [0.2, 0.25) is 0 Å². The van der Waals surface area contributed by atoms with Crippen LogP contribution in [0.3, 0.4) is 0 Å². The van der Waals surface area contributed by atoms with Gasteiger partial charge in [-0.2, -0.15) is 0 Å². The predicted molar refractivity (Wildman–Crippen MR) is 66.5 cm³/mol. The molecule has 0 atom stereocenters. The number of nitro groups is 1. The van der Waals surface area contributed by atoms with Gasteiger partial charge in [0.25, 0.3) is 5.91 Å². The average molecular weight is 252 g/mol. The molecule has 0 aliphatic rings. The van der Waals surface area contributed by atoms with Crippen molar-refractivity contribution in [1.82, 2.24) is 5.32 Å². The van der Waals surface area contributed by atoms with Crippen LogP contribution >= 0.6 is 0 Å². The Morgan fingerprint density at radius 2 is 2.17 bits per heavy atom. The van der Waals surface area contributed by atoms with Crippen molar-refractivity contribution in [2.45, 2.75) is 20.3 Å². The number of hydrogen-bond donors (Lipinski definition) is 2. The highest BCUT2D eigenvalue weighted by atomic mass is 16.6. The SMILES string of the molecule is CC(C)CCNC(=O)c1cccc([N+](=O)[O-])c1O. The third kappa shape index (κ3) is 3.44. The molecule has 6 heteroatoms. The summed E-state index contributed by atoms with van der Waals surface area (Å²) < 4.78 is 0. The van der Waals surface area contributed by atoms with E-state index in [0.29, 0.717) is 12.5 Å². The number of rotatable bonds is 5. The molecule has 0 unspecified atom stereocenters. The highest BCUT2D eigenvalue weighted by Gasteiger charge is 2.20. The number of benzene rings is 1. The Labute approximate surface area is 105 Å². The summed E-state index contributed by atoms with van der Waals surface area (Å²) in [6, 6.07) is 3.88. The summed E-state index contributed by atoms with van der Waals surface area (Å²) in [6.45, 7) is 4.52. The molecule has 0 saturated heterocycles. The van der Waals surface area contributed by atoms with Crippen molar-refractivity contribution < 1.29 is 14.8 Å². The third-order valence-corrected chi connectivity index (χ3v) is 2.46. The molecular formula is C12H16N2O4. The molecule has 18 heavy (non-hydrogen) atoms. The van der Waals surface area contributed by atoms with Crippen LogP contribution in [-0.4, -0.2) is 22.5 Å². The molecule has 1 rings (SSSR count). The maximum Gasteiger partial charge on any atom is 0.311 e. The number of phenols is 1. The van der Waals surface area contributed by atoms with Crippen molar-refractivity contribution in [2.24, 2.45) is 5.92 Å². The fourth-order valence-electron chi connectivity index (χ4n) is 1.43. The number of nitro benzene ring substituents is 1. The van der Waals surface area contributed by atoms with E-state index in [1.54, 1.807) is 0 Å². The standard InChI is InChI=1S/C12H16N2O4/c1-8(2)6-7-13-12(16)9-4-3-5-10(11(9)15)14(17)18/h3-5,8,15H,6-7H2,1-2H3,(H,13,16). The van der Waals surface area contributed by atoms with Crippen molar-refractivity contribution in [1.29, 1.82) is 0 Å². The lowest BCUT2D eigenvalue weighted by molar-refractivity contribution is -0.385. The van der Waals surface area contributed by atoms with Crippen LogP contribution in [0.25, 0.3) is 0 Å². The lowest BCUT2D eigenvalue weighted by Gasteiger charge is -2.08. The zero-order valence-corrected chi connectivity index (χ0v) is 10.3. The van der Waals surface area contributed by atoms with Gasteiger partial charge in [-0.05, 0) is 18.4 Å². The van der Waals surface area contributed by atoms with Gasteiger partial charge >= 0.3 is 5.69 Å². The second kappa shape index (κ2) is 6.00. The zero-order chi connectivity index (χ0) is 13.7. The van der Waals surface area contributed by atoms with E-state index in [1.807, 2.05) is 13.8 Å². The molecule has 98 valence electrons. The topological polar surface area (TPSA) is 92.5 Å². The summed E-state index contributed by atoms with van der Waals surface area (Å²) >= 11 is 0. The van der Waals surface area contributed by atoms with Crippen molar-refractivity contribution in [3.05, 3.63) is 33.9 Å². The largest absolute Gasteiger partial charge is 0.502 e. The number of carbonyl (C=O) groups excluding carboxylic acids is 1. The molecule has 0 aliphatic heterocycles. The highest BCUT2D eigenvalue weighted by molar-refractivity contribution is 5.98. The van der Waals surface area contributed by atoms with Gasteiger partial charge in [0.15, 0.2) is 0 Å². The molecule has 1 aromatic rings. The fourth-order valence-corrected chi connectivity index (χ4v) is 1.43. The van der Waals surface area contributed by atoms with Gasteiger partial charge in [-0.25, -0.2) is 0 Å². The first-order chi connectivity index (χ1) is 8.43. The monoisotopic (exact) mass is 252 g/mol.